The SMILES string of the molecule is COc1ccc(CNCCC(=O)NCCN(C)C)cc1OC. The first-order valence-electron chi connectivity index (χ1n) is 7.40. The Morgan fingerprint density at radius 1 is 1.14 bits per heavy atom. The Hall–Kier alpha value is -1.79. The molecule has 0 radical (unpaired) electrons. The van der Waals surface area contributed by atoms with Crippen LogP contribution in [0.4, 0.5) is 0 Å². The Kier molecular flexibility index (Phi) is 8.32. The topological polar surface area (TPSA) is 62.8 Å². The van der Waals surface area contributed by atoms with Gasteiger partial charge in [0.05, 0.1) is 14.2 Å². The molecule has 0 aromatic heterocycles. The maximum atomic E-state index is 11.6. The summed E-state index contributed by atoms with van der Waals surface area (Å²) in [4.78, 5) is 13.7. The van der Waals surface area contributed by atoms with Crippen LogP contribution in [-0.2, 0) is 11.3 Å². The van der Waals surface area contributed by atoms with Crippen LogP contribution in [0.3, 0.4) is 0 Å². The number of nitrogens with zero attached hydrogens (tertiary/aromatic N) is 1. The molecule has 6 heteroatoms. The summed E-state index contributed by atoms with van der Waals surface area (Å²) in [5, 5.41) is 6.14. The third-order valence-corrected chi connectivity index (χ3v) is 3.19. The standard InChI is InChI=1S/C16H27N3O3/c1-19(2)10-9-18-16(20)7-8-17-12-13-5-6-14(21-3)15(11-13)22-4/h5-6,11,17H,7-10,12H2,1-4H3,(H,18,20). The third-order valence-electron chi connectivity index (χ3n) is 3.19. The van der Waals surface area contributed by atoms with Crippen LogP contribution in [0.5, 0.6) is 11.5 Å². The Balaban J connectivity index is 2.25. The summed E-state index contributed by atoms with van der Waals surface area (Å²) >= 11 is 0. The summed E-state index contributed by atoms with van der Waals surface area (Å²) in [6.07, 6.45) is 0.473. The number of nitrogens with one attached hydrogen (secondary N) is 2. The van der Waals surface area contributed by atoms with E-state index in [2.05, 4.69) is 10.6 Å². The smallest absolute Gasteiger partial charge is 0.221 e. The molecule has 1 amide bonds. The van der Waals surface area contributed by atoms with Crippen LogP contribution in [0.25, 0.3) is 0 Å². The molecular formula is C16H27N3O3. The number of likely N-dealkylation sites (N-methyl/N-ethyl adjacent to an activating group) is 1. The Morgan fingerprint density at radius 3 is 2.50 bits per heavy atom. The molecule has 0 saturated heterocycles. The van der Waals surface area contributed by atoms with Gasteiger partial charge in [-0.1, -0.05) is 6.07 Å². The van der Waals surface area contributed by atoms with Gasteiger partial charge in [-0.2, -0.15) is 0 Å². The van der Waals surface area contributed by atoms with Crippen LogP contribution in [0.1, 0.15) is 12.0 Å². The number of benzene rings is 1. The maximum Gasteiger partial charge on any atom is 0.221 e. The van der Waals surface area contributed by atoms with Gasteiger partial charge in [-0.15, -0.1) is 0 Å². The van der Waals surface area contributed by atoms with Gasteiger partial charge in [-0.25, -0.2) is 0 Å². The largest absolute Gasteiger partial charge is 0.493 e. The quantitative estimate of drug-likeness (QED) is 0.628. The van der Waals surface area contributed by atoms with E-state index in [-0.39, 0.29) is 5.91 Å². The molecule has 1 aromatic carbocycles. The molecule has 2 N–H and O–H groups in total. The zero-order valence-corrected chi connectivity index (χ0v) is 13.9. The van der Waals surface area contributed by atoms with Gasteiger partial charge in [0, 0.05) is 32.6 Å². The number of rotatable bonds is 10. The second-order valence-corrected chi connectivity index (χ2v) is 5.27. The van der Waals surface area contributed by atoms with Crippen molar-refractivity contribution in [2.75, 3.05) is 47.9 Å². The van der Waals surface area contributed by atoms with Gasteiger partial charge >= 0.3 is 0 Å². The van der Waals surface area contributed by atoms with Crippen molar-refractivity contribution >= 4 is 5.91 Å². The number of carbonyl (C=O) groups excluding carboxylic acids is 1. The highest BCUT2D eigenvalue weighted by atomic mass is 16.5. The number of amides is 1. The second kappa shape index (κ2) is 10.0. The number of ether oxygens (including phenoxy) is 2. The van der Waals surface area contributed by atoms with E-state index < -0.39 is 0 Å². The average molecular weight is 309 g/mol. The molecule has 0 unspecified atom stereocenters. The summed E-state index contributed by atoms with van der Waals surface area (Å²) in [7, 11) is 7.20. The fourth-order valence-corrected chi connectivity index (χ4v) is 1.93. The molecule has 0 aliphatic heterocycles. The molecule has 0 atom stereocenters. The second-order valence-electron chi connectivity index (χ2n) is 5.27. The van der Waals surface area contributed by atoms with Crippen LogP contribution < -0.4 is 20.1 Å². The van der Waals surface area contributed by atoms with E-state index in [4.69, 9.17) is 9.47 Å². The number of methoxy groups -OCH3 is 2. The van der Waals surface area contributed by atoms with Gasteiger partial charge in [0.2, 0.25) is 5.91 Å². The highest BCUT2D eigenvalue weighted by Gasteiger charge is 2.05. The van der Waals surface area contributed by atoms with E-state index in [9.17, 15) is 4.79 Å². The van der Waals surface area contributed by atoms with Gasteiger partial charge in [-0.3, -0.25) is 4.79 Å². The van der Waals surface area contributed by atoms with Crippen molar-refractivity contribution in [1.82, 2.24) is 15.5 Å². The monoisotopic (exact) mass is 309 g/mol. The number of hydrogen-bond acceptors (Lipinski definition) is 5. The molecule has 22 heavy (non-hydrogen) atoms. The van der Waals surface area contributed by atoms with Crippen LogP contribution in [0.2, 0.25) is 0 Å². The van der Waals surface area contributed by atoms with Crippen molar-refractivity contribution in [3.8, 4) is 11.5 Å². The van der Waals surface area contributed by atoms with Crippen molar-refractivity contribution in [1.29, 1.82) is 0 Å². The fourth-order valence-electron chi connectivity index (χ4n) is 1.93. The molecule has 1 rings (SSSR count). The fraction of sp³-hybridized carbons (Fsp3) is 0.562. The Labute approximate surface area is 132 Å². The first-order valence-corrected chi connectivity index (χ1v) is 7.40. The van der Waals surface area contributed by atoms with Crippen molar-refractivity contribution in [2.45, 2.75) is 13.0 Å². The predicted octanol–water partition coefficient (Wildman–Crippen LogP) is 0.861. The van der Waals surface area contributed by atoms with Gasteiger partial charge < -0.3 is 25.0 Å². The minimum absolute atomic E-state index is 0.0710. The van der Waals surface area contributed by atoms with Gasteiger partial charge in [-0.05, 0) is 31.8 Å². The third kappa shape index (κ3) is 6.78. The van der Waals surface area contributed by atoms with Crippen LogP contribution in [-0.4, -0.2) is 58.8 Å². The molecule has 0 aliphatic carbocycles. The van der Waals surface area contributed by atoms with Crippen molar-refractivity contribution in [3.63, 3.8) is 0 Å². The highest BCUT2D eigenvalue weighted by Crippen LogP contribution is 2.27. The van der Waals surface area contributed by atoms with Gasteiger partial charge in [0.25, 0.3) is 0 Å². The van der Waals surface area contributed by atoms with E-state index in [1.807, 2.05) is 37.2 Å². The van der Waals surface area contributed by atoms with E-state index in [0.717, 1.165) is 12.1 Å². The van der Waals surface area contributed by atoms with Gasteiger partial charge in [0.1, 0.15) is 0 Å². The molecule has 0 spiro atoms. The maximum absolute atomic E-state index is 11.6. The zero-order chi connectivity index (χ0) is 16.4. The molecule has 6 nitrogen and oxygen atoms in total. The van der Waals surface area contributed by atoms with E-state index in [0.29, 0.717) is 37.6 Å². The van der Waals surface area contributed by atoms with E-state index in [1.54, 1.807) is 14.2 Å². The molecule has 1 aromatic rings. The molecule has 0 aliphatic rings. The minimum atomic E-state index is 0.0710. The number of hydrogen-bond donors (Lipinski definition) is 2. The molecule has 0 bridgehead atoms. The molecule has 124 valence electrons. The summed E-state index contributed by atoms with van der Waals surface area (Å²) in [5.74, 6) is 1.50. The summed E-state index contributed by atoms with van der Waals surface area (Å²) in [6, 6.07) is 5.79. The van der Waals surface area contributed by atoms with Crippen LogP contribution in [0.15, 0.2) is 18.2 Å². The first kappa shape index (κ1) is 18.3. The lowest BCUT2D eigenvalue weighted by Crippen LogP contribution is -2.33. The normalized spacial score (nSPS) is 10.6. The molecule has 0 fully saturated rings. The lowest BCUT2D eigenvalue weighted by molar-refractivity contribution is -0.121. The predicted molar refractivity (Wildman–Crippen MR) is 87.4 cm³/mol. The van der Waals surface area contributed by atoms with E-state index >= 15 is 0 Å². The lowest BCUT2D eigenvalue weighted by Gasteiger charge is -2.11. The Bertz CT molecular complexity index is 464. The van der Waals surface area contributed by atoms with Crippen LogP contribution in [0, 0.1) is 0 Å². The first-order chi connectivity index (χ1) is 10.6. The van der Waals surface area contributed by atoms with Crippen molar-refractivity contribution < 1.29 is 14.3 Å². The number of carbonyl (C=O) groups is 1. The average Bonchev–Trinajstić information content (AvgIpc) is 2.51. The van der Waals surface area contributed by atoms with Gasteiger partial charge in [0.15, 0.2) is 11.5 Å². The molecule has 0 heterocycles. The summed E-state index contributed by atoms with van der Waals surface area (Å²) in [6.45, 7) is 2.86. The zero-order valence-electron chi connectivity index (χ0n) is 13.9. The van der Waals surface area contributed by atoms with E-state index in [1.165, 1.54) is 0 Å². The Morgan fingerprint density at radius 2 is 1.86 bits per heavy atom. The molecular weight excluding hydrogens is 282 g/mol. The summed E-state index contributed by atoms with van der Waals surface area (Å²) < 4.78 is 10.5. The van der Waals surface area contributed by atoms with Crippen molar-refractivity contribution in [2.24, 2.45) is 0 Å². The van der Waals surface area contributed by atoms with Crippen LogP contribution >= 0.6 is 0 Å². The summed E-state index contributed by atoms with van der Waals surface area (Å²) in [5.41, 5.74) is 1.09. The lowest BCUT2D eigenvalue weighted by atomic mass is 10.2. The molecule has 0 saturated carbocycles. The minimum Gasteiger partial charge on any atom is -0.493 e. The van der Waals surface area contributed by atoms with Crippen molar-refractivity contribution in [3.05, 3.63) is 23.8 Å². The highest BCUT2D eigenvalue weighted by molar-refractivity contribution is 5.76.